The van der Waals surface area contributed by atoms with E-state index in [9.17, 15) is 18.0 Å². The number of carbonyl (C=O) groups excluding carboxylic acids is 1. The minimum atomic E-state index is -4.35. The number of alkyl halides is 3. The standard InChI is InChI=1S/C23H30F3N5O/c1-17(18-7-6-8-19(15-18)23(24,25)26)10-13-29-22(27-2)30-16-21(32)31(3)14-11-20-9-4-5-12-28-20/h4-9,12,15,17H,10-11,13-14,16H2,1-3H3,(H2,27,29,30). The van der Waals surface area contributed by atoms with Crippen LogP contribution in [0.4, 0.5) is 13.2 Å². The van der Waals surface area contributed by atoms with E-state index in [0.29, 0.717) is 37.5 Å². The highest BCUT2D eigenvalue weighted by atomic mass is 19.4. The number of nitrogens with zero attached hydrogens (tertiary/aromatic N) is 3. The summed E-state index contributed by atoms with van der Waals surface area (Å²) in [5.74, 6) is 0.316. The summed E-state index contributed by atoms with van der Waals surface area (Å²) in [4.78, 5) is 22.3. The van der Waals surface area contributed by atoms with Crippen LogP contribution in [-0.2, 0) is 17.4 Å². The van der Waals surface area contributed by atoms with Crippen molar-refractivity contribution in [1.29, 1.82) is 0 Å². The predicted molar refractivity (Wildman–Crippen MR) is 119 cm³/mol. The number of pyridine rings is 1. The van der Waals surface area contributed by atoms with Crippen LogP contribution in [0.1, 0.15) is 36.1 Å². The lowest BCUT2D eigenvalue weighted by Gasteiger charge is -2.19. The van der Waals surface area contributed by atoms with Gasteiger partial charge in [-0.3, -0.25) is 14.8 Å². The molecule has 1 heterocycles. The van der Waals surface area contributed by atoms with Crippen molar-refractivity contribution < 1.29 is 18.0 Å². The smallest absolute Gasteiger partial charge is 0.356 e. The molecule has 1 amide bonds. The van der Waals surface area contributed by atoms with Crippen LogP contribution in [0.3, 0.4) is 0 Å². The van der Waals surface area contributed by atoms with Gasteiger partial charge in [0.1, 0.15) is 0 Å². The molecule has 0 aliphatic heterocycles. The lowest BCUT2D eigenvalue weighted by molar-refractivity contribution is -0.137. The summed E-state index contributed by atoms with van der Waals surface area (Å²) in [7, 11) is 3.33. The van der Waals surface area contributed by atoms with E-state index < -0.39 is 11.7 Å². The first-order valence-electron chi connectivity index (χ1n) is 10.5. The lowest BCUT2D eigenvalue weighted by atomic mass is 9.96. The second-order valence-electron chi connectivity index (χ2n) is 7.55. The quantitative estimate of drug-likeness (QED) is 0.455. The molecular formula is C23H30F3N5O. The number of amides is 1. The Morgan fingerprint density at radius 2 is 1.97 bits per heavy atom. The van der Waals surface area contributed by atoms with Crippen LogP contribution in [0.15, 0.2) is 53.7 Å². The monoisotopic (exact) mass is 449 g/mol. The van der Waals surface area contributed by atoms with Crippen LogP contribution in [0.2, 0.25) is 0 Å². The van der Waals surface area contributed by atoms with Crippen molar-refractivity contribution in [3.63, 3.8) is 0 Å². The van der Waals surface area contributed by atoms with Crippen LogP contribution in [0, 0.1) is 0 Å². The first kappa shape index (κ1) is 25.2. The number of aliphatic imine (C=N–C) groups is 1. The van der Waals surface area contributed by atoms with Crippen molar-refractivity contribution in [1.82, 2.24) is 20.5 Å². The fourth-order valence-corrected chi connectivity index (χ4v) is 3.06. The molecule has 1 aromatic carbocycles. The van der Waals surface area contributed by atoms with Crippen LogP contribution in [0.25, 0.3) is 0 Å². The second kappa shape index (κ2) is 12.1. The Balaban J connectivity index is 1.74. The van der Waals surface area contributed by atoms with Gasteiger partial charge in [0.25, 0.3) is 0 Å². The van der Waals surface area contributed by atoms with Crippen molar-refractivity contribution in [2.75, 3.05) is 33.7 Å². The van der Waals surface area contributed by atoms with Gasteiger partial charge in [-0.1, -0.05) is 31.2 Å². The number of guanidine groups is 1. The van der Waals surface area contributed by atoms with Crippen molar-refractivity contribution >= 4 is 11.9 Å². The summed E-state index contributed by atoms with van der Waals surface area (Å²) in [6.07, 6.45) is -1.34. The Kier molecular flexibility index (Phi) is 9.49. The molecule has 0 saturated heterocycles. The Morgan fingerprint density at radius 3 is 2.62 bits per heavy atom. The minimum absolute atomic E-state index is 0.0673. The third-order valence-corrected chi connectivity index (χ3v) is 5.14. The minimum Gasteiger partial charge on any atom is -0.356 e. The largest absolute Gasteiger partial charge is 0.416 e. The number of hydrogen-bond acceptors (Lipinski definition) is 3. The highest BCUT2D eigenvalue weighted by Crippen LogP contribution is 2.31. The predicted octanol–water partition coefficient (Wildman–Crippen LogP) is 3.46. The number of rotatable bonds is 9. The maximum Gasteiger partial charge on any atom is 0.416 e. The van der Waals surface area contributed by atoms with Gasteiger partial charge >= 0.3 is 6.18 Å². The molecule has 0 radical (unpaired) electrons. The van der Waals surface area contributed by atoms with E-state index >= 15 is 0 Å². The number of halogens is 3. The number of aromatic nitrogens is 1. The molecule has 0 saturated carbocycles. The van der Waals surface area contributed by atoms with Gasteiger partial charge < -0.3 is 15.5 Å². The zero-order chi connectivity index (χ0) is 23.6. The number of likely N-dealkylation sites (N-methyl/N-ethyl adjacent to an activating group) is 1. The van der Waals surface area contributed by atoms with E-state index in [1.165, 1.54) is 12.1 Å². The molecule has 174 valence electrons. The van der Waals surface area contributed by atoms with E-state index in [4.69, 9.17) is 0 Å². The lowest BCUT2D eigenvalue weighted by Crippen LogP contribution is -2.44. The normalized spacial score (nSPS) is 12.9. The molecule has 32 heavy (non-hydrogen) atoms. The van der Waals surface area contributed by atoms with Crippen LogP contribution < -0.4 is 10.6 Å². The van der Waals surface area contributed by atoms with Crippen molar-refractivity contribution in [2.24, 2.45) is 4.99 Å². The molecule has 0 fully saturated rings. The fraction of sp³-hybridized carbons (Fsp3) is 0.435. The Hall–Kier alpha value is -3.10. The molecule has 2 aromatic rings. The molecule has 2 N–H and O–H groups in total. The third-order valence-electron chi connectivity index (χ3n) is 5.14. The van der Waals surface area contributed by atoms with Crippen LogP contribution in [-0.4, -0.2) is 55.5 Å². The van der Waals surface area contributed by atoms with Gasteiger partial charge in [-0.2, -0.15) is 13.2 Å². The van der Waals surface area contributed by atoms with Crippen molar-refractivity contribution in [2.45, 2.75) is 31.9 Å². The molecule has 6 nitrogen and oxygen atoms in total. The SMILES string of the molecule is CN=C(NCCC(C)c1cccc(C(F)(F)F)c1)NCC(=O)N(C)CCc1ccccn1. The Labute approximate surface area is 187 Å². The third kappa shape index (κ3) is 8.20. The van der Waals surface area contributed by atoms with Crippen molar-refractivity contribution in [3.05, 3.63) is 65.5 Å². The first-order valence-corrected chi connectivity index (χ1v) is 10.5. The van der Waals surface area contributed by atoms with Gasteiger partial charge in [0, 0.05) is 45.5 Å². The molecule has 0 spiro atoms. The summed E-state index contributed by atoms with van der Waals surface area (Å²) >= 11 is 0. The molecule has 1 aromatic heterocycles. The van der Waals surface area contributed by atoms with Gasteiger partial charge in [0.2, 0.25) is 5.91 Å². The average Bonchev–Trinajstić information content (AvgIpc) is 2.79. The zero-order valence-corrected chi connectivity index (χ0v) is 18.6. The summed E-state index contributed by atoms with van der Waals surface area (Å²) in [6.45, 7) is 3.02. The second-order valence-corrected chi connectivity index (χ2v) is 7.55. The molecule has 1 unspecified atom stereocenters. The summed E-state index contributed by atoms with van der Waals surface area (Å²) in [6, 6.07) is 11.1. The summed E-state index contributed by atoms with van der Waals surface area (Å²) < 4.78 is 38.7. The maximum atomic E-state index is 12.9. The first-order chi connectivity index (χ1) is 15.2. The van der Waals surface area contributed by atoms with Gasteiger partial charge in [-0.15, -0.1) is 0 Å². The highest BCUT2D eigenvalue weighted by molar-refractivity contribution is 5.86. The topological polar surface area (TPSA) is 69.6 Å². The van der Waals surface area contributed by atoms with Gasteiger partial charge in [-0.25, -0.2) is 0 Å². The molecule has 2 rings (SSSR count). The Bertz CT molecular complexity index is 887. The van der Waals surface area contributed by atoms with E-state index in [1.807, 2.05) is 25.1 Å². The summed E-state index contributed by atoms with van der Waals surface area (Å²) in [5.41, 5.74) is 0.916. The zero-order valence-electron chi connectivity index (χ0n) is 18.6. The number of hydrogen-bond donors (Lipinski definition) is 2. The molecule has 0 aliphatic rings. The van der Waals surface area contributed by atoms with E-state index in [1.54, 1.807) is 31.3 Å². The van der Waals surface area contributed by atoms with Gasteiger partial charge in [0.15, 0.2) is 5.96 Å². The Morgan fingerprint density at radius 1 is 1.19 bits per heavy atom. The van der Waals surface area contributed by atoms with E-state index in [0.717, 1.165) is 11.8 Å². The van der Waals surface area contributed by atoms with E-state index in [2.05, 4.69) is 20.6 Å². The average molecular weight is 450 g/mol. The molecule has 0 bridgehead atoms. The van der Waals surface area contributed by atoms with Gasteiger partial charge in [0.05, 0.1) is 12.1 Å². The molecule has 0 aliphatic carbocycles. The molecular weight excluding hydrogens is 419 g/mol. The van der Waals surface area contributed by atoms with E-state index in [-0.39, 0.29) is 18.4 Å². The highest BCUT2D eigenvalue weighted by Gasteiger charge is 2.30. The summed E-state index contributed by atoms with van der Waals surface area (Å²) in [5, 5.41) is 6.08. The molecule has 9 heteroatoms. The molecule has 1 atom stereocenters. The van der Waals surface area contributed by atoms with Crippen LogP contribution >= 0.6 is 0 Å². The number of benzene rings is 1. The van der Waals surface area contributed by atoms with Gasteiger partial charge in [-0.05, 0) is 36.1 Å². The number of carbonyl (C=O) groups is 1. The fourth-order valence-electron chi connectivity index (χ4n) is 3.06. The van der Waals surface area contributed by atoms with Crippen LogP contribution in [0.5, 0.6) is 0 Å². The maximum absolute atomic E-state index is 12.9. The number of nitrogens with one attached hydrogen (secondary N) is 2. The van der Waals surface area contributed by atoms with Crippen molar-refractivity contribution in [3.8, 4) is 0 Å².